The lowest BCUT2D eigenvalue weighted by Crippen LogP contribution is -2.50. The Balaban J connectivity index is 2.25. The largest absolute Gasteiger partial charge is 0.480 e. The van der Waals surface area contributed by atoms with E-state index in [0.717, 1.165) is 6.07 Å². The molecule has 0 saturated heterocycles. The zero-order valence-electron chi connectivity index (χ0n) is 22.0. The number of ether oxygens (including phenoxy) is 2. The number of hydrogen-bond donors (Lipinski definition) is 1. The molecule has 1 aliphatic heterocycles. The molecular formula is C24H29F2N3O8S. The van der Waals surface area contributed by atoms with Gasteiger partial charge in [-0.15, -0.1) is 0 Å². The predicted octanol–water partition coefficient (Wildman–Crippen LogP) is 5.60. The second-order valence-electron chi connectivity index (χ2n) is 10.9. The summed E-state index contributed by atoms with van der Waals surface area (Å²) >= 11 is 0.583. The van der Waals surface area contributed by atoms with E-state index in [-0.39, 0.29) is 6.42 Å². The van der Waals surface area contributed by atoms with Crippen molar-refractivity contribution in [1.29, 1.82) is 0 Å². The van der Waals surface area contributed by atoms with E-state index in [0.29, 0.717) is 29.1 Å². The molecule has 0 radical (unpaired) electrons. The lowest BCUT2D eigenvalue weighted by molar-refractivity contribution is -0.385. The van der Waals surface area contributed by atoms with E-state index >= 15 is 4.39 Å². The van der Waals surface area contributed by atoms with Crippen molar-refractivity contribution in [3.8, 4) is 0 Å². The first-order chi connectivity index (χ1) is 17.3. The molecule has 2 amide bonds. The van der Waals surface area contributed by atoms with Gasteiger partial charge in [0.25, 0.3) is 5.69 Å². The minimum absolute atomic E-state index is 0.0993. The summed E-state index contributed by atoms with van der Waals surface area (Å²) in [4.78, 5) is 54.1. The number of carbonyl (C=O) groups excluding carboxylic acids is 2. The summed E-state index contributed by atoms with van der Waals surface area (Å²) in [6.07, 6.45) is -2.19. The Morgan fingerprint density at radius 3 is 2.29 bits per heavy atom. The SMILES string of the molecule is CCC(C)(C)OC(=O)N(C(=O)OC(C)(C)C)C1=N[C@](C)(c2cc([N+](=O)[O-])cc(F)c2F)[C@@H]2C[C@]2(C(=O)O)S1. The molecule has 1 aromatic carbocycles. The van der Waals surface area contributed by atoms with E-state index in [9.17, 15) is 34.0 Å². The molecule has 208 valence electrons. The third kappa shape index (κ3) is 5.31. The van der Waals surface area contributed by atoms with Crippen molar-refractivity contribution in [3.63, 3.8) is 0 Å². The lowest BCUT2D eigenvalue weighted by atomic mass is 9.85. The number of aliphatic carboxylic acids is 1. The number of carbonyl (C=O) groups is 3. The summed E-state index contributed by atoms with van der Waals surface area (Å²) in [5.41, 5.74) is -5.38. The van der Waals surface area contributed by atoms with Gasteiger partial charge >= 0.3 is 18.2 Å². The number of amides is 2. The minimum Gasteiger partial charge on any atom is -0.480 e. The number of rotatable bonds is 5. The lowest BCUT2D eigenvalue weighted by Gasteiger charge is -2.36. The van der Waals surface area contributed by atoms with Crippen molar-refractivity contribution in [2.75, 3.05) is 0 Å². The number of halogens is 2. The van der Waals surface area contributed by atoms with Gasteiger partial charge in [-0.25, -0.2) is 23.4 Å². The standard InChI is InChI=1S/C24H29F2N3O8S/c1-8-22(5,6)37-20(33)28(19(32)36-21(2,3)4)18-27-23(7,15-11-24(15,38-18)17(30)31)13-9-12(29(34)35)10-14(25)16(13)26/h9-10,15H,8,11H2,1-7H3,(H,30,31)/t15-,23+,24-/m0/s1. The van der Waals surface area contributed by atoms with Gasteiger partial charge in [0.05, 0.1) is 16.5 Å². The first-order valence-corrected chi connectivity index (χ1v) is 12.5. The highest BCUT2D eigenvalue weighted by atomic mass is 32.2. The fourth-order valence-electron chi connectivity index (χ4n) is 4.04. The topological polar surface area (TPSA) is 149 Å². The van der Waals surface area contributed by atoms with Crippen LogP contribution < -0.4 is 0 Å². The van der Waals surface area contributed by atoms with Crippen molar-refractivity contribution in [2.45, 2.75) is 82.8 Å². The van der Waals surface area contributed by atoms with Crippen LogP contribution in [0.3, 0.4) is 0 Å². The quantitative estimate of drug-likeness (QED) is 0.361. The van der Waals surface area contributed by atoms with Crippen LogP contribution in [0.2, 0.25) is 0 Å². The normalized spacial score (nSPS) is 24.6. The number of amidine groups is 1. The first-order valence-electron chi connectivity index (χ1n) is 11.7. The zero-order chi connectivity index (χ0) is 29.0. The Bertz CT molecular complexity index is 1250. The molecule has 0 bridgehead atoms. The molecule has 0 aromatic heterocycles. The highest BCUT2D eigenvalue weighted by Gasteiger charge is 2.72. The highest BCUT2D eigenvalue weighted by Crippen LogP contribution is 2.67. The Morgan fingerprint density at radius 2 is 1.79 bits per heavy atom. The Labute approximate surface area is 221 Å². The number of thioether (sulfide) groups is 1. The third-order valence-electron chi connectivity index (χ3n) is 6.49. The molecule has 0 spiro atoms. The van der Waals surface area contributed by atoms with E-state index in [1.807, 2.05) is 0 Å². The van der Waals surface area contributed by atoms with Gasteiger partial charge in [0.15, 0.2) is 16.8 Å². The monoisotopic (exact) mass is 557 g/mol. The Hall–Kier alpha value is -3.29. The molecule has 2 aliphatic rings. The summed E-state index contributed by atoms with van der Waals surface area (Å²) in [5, 5.41) is 20.9. The summed E-state index contributed by atoms with van der Waals surface area (Å²) in [6, 6.07) is 1.18. The second-order valence-corrected chi connectivity index (χ2v) is 12.2. The number of carboxylic acids is 1. The number of nitro benzene ring substituents is 1. The van der Waals surface area contributed by atoms with Crippen LogP contribution in [0.5, 0.6) is 0 Å². The van der Waals surface area contributed by atoms with Crippen LogP contribution in [0.1, 0.15) is 66.9 Å². The highest BCUT2D eigenvalue weighted by molar-refractivity contribution is 8.16. The number of nitrogens with zero attached hydrogens (tertiary/aromatic N) is 3. The third-order valence-corrected chi connectivity index (χ3v) is 7.93. The predicted molar refractivity (Wildman–Crippen MR) is 133 cm³/mol. The number of benzene rings is 1. The molecule has 3 rings (SSSR count). The average Bonchev–Trinajstić information content (AvgIpc) is 3.51. The fourth-order valence-corrected chi connectivity index (χ4v) is 5.55. The summed E-state index contributed by atoms with van der Waals surface area (Å²) in [7, 11) is 0. The smallest absolute Gasteiger partial charge is 0.426 e. The molecule has 3 atom stereocenters. The van der Waals surface area contributed by atoms with E-state index in [4.69, 9.17) is 9.47 Å². The number of fused-ring (bicyclic) bond motifs is 1. The van der Waals surface area contributed by atoms with Gasteiger partial charge in [-0.2, -0.15) is 4.90 Å². The molecule has 1 heterocycles. The van der Waals surface area contributed by atoms with Crippen molar-refractivity contribution in [2.24, 2.45) is 10.9 Å². The maximum atomic E-state index is 15.1. The van der Waals surface area contributed by atoms with E-state index in [2.05, 4.69) is 4.99 Å². The van der Waals surface area contributed by atoms with E-state index in [1.54, 1.807) is 41.5 Å². The first kappa shape index (κ1) is 29.3. The van der Waals surface area contributed by atoms with Crippen LogP contribution in [-0.2, 0) is 19.8 Å². The van der Waals surface area contributed by atoms with Crippen LogP contribution in [0.15, 0.2) is 17.1 Å². The summed E-state index contributed by atoms with van der Waals surface area (Å²) in [6.45, 7) is 10.8. The summed E-state index contributed by atoms with van der Waals surface area (Å²) < 4.78 is 38.7. The van der Waals surface area contributed by atoms with Crippen LogP contribution in [0.25, 0.3) is 0 Å². The number of hydrogen-bond acceptors (Lipinski definition) is 9. The molecule has 1 aliphatic carbocycles. The zero-order valence-corrected chi connectivity index (χ0v) is 22.8. The molecule has 11 nitrogen and oxygen atoms in total. The number of non-ortho nitro benzene ring substituents is 1. The van der Waals surface area contributed by atoms with Gasteiger partial charge in [-0.3, -0.25) is 14.9 Å². The van der Waals surface area contributed by atoms with Crippen LogP contribution >= 0.6 is 11.8 Å². The van der Waals surface area contributed by atoms with Gasteiger partial charge < -0.3 is 14.6 Å². The Morgan fingerprint density at radius 1 is 1.21 bits per heavy atom. The van der Waals surface area contributed by atoms with Crippen molar-refractivity contribution >= 4 is 40.8 Å². The van der Waals surface area contributed by atoms with Gasteiger partial charge in [0.1, 0.15) is 15.9 Å². The Kier molecular flexibility index (Phi) is 7.30. The van der Waals surface area contributed by atoms with E-state index in [1.165, 1.54) is 6.92 Å². The van der Waals surface area contributed by atoms with Crippen LogP contribution in [0, 0.1) is 27.7 Å². The number of aliphatic imine (C=N–C) groups is 1. The fraction of sp³-hybridized carbons (Fsp3) is 0.583. The molecule has 1 saturated carbocycles. The number of carboxylic acid groups (broad SMARTS) is 1. The summed E-state index contributed by atoms with van der Waals surface area (Å²) in [5.74, 6) is -5.28. The van der Waals surface area contributed by atoms with Gasteiger partial charge in [0, 0.05) is 17.5 Å². The maximum absolute atomic E-state index is 15.1. The molecule has 1 aromatic rings. The number of imide groups is 1. The van der Waals surface area contributed by atoms with Crippen molar-refractivity contribution in [3.05, 3.63) is 39.4 Å². The van der Waals surface area contributed by atoms with Crippen molar-refractivity contribution < 1.29 is 42.7 Å². The molecule has 1 fully saturated rings. The maximum Gasteiger partial charge on any atom is 0.426 e. The van der Waals surface area contributed by atoms with Gasteiger partial charge in [-0.05, 0) is 54.4 Å². The van der Waals surface area contributed by atoms with E-state index < -0.39 is 78.5 Å². The van der Waals surface area contributed by atoms with Crippen LogP contribution in [-0.4, -0.2) is 54.2 Å². The van der Waals surface area contributed by atoms with Crippen molar-refractivity contribution in [1.82, 2.24) is 4.90 Å². The second kappa shape index (κ2) is 9.47. The van der Waals surface area contributed by atoms with Crippen LogP contribution in [0.4, 0.5) is 24.1 Å². The van der Waals surface area contributed by atoms with Gasteiger partial charge in [-0.1, -0.05) is 18.7 Å². The number of nitro groups is 1. The average molecular weight is 558 g/mol. The van der Waals surface area contributed by atoms with Gasteiger partial charge in [0.2, 0.25) is 0 Å². The molecular weight excluding hydrogens is 528 g/mol. The minimum atomic E-state index is -1.91. The molecule has 14 heteroatoms. The molecule has 38 heavy (non-hydrogen) atoms. The molecule has 1 N–H and O–H groups in total. The molecule has 0 unspecified atom stereocenters.